The molecule has 2 aromatic rings. The van der Waals surface area contributed by atoms with Crippen LogP contribution in [0.1, 0.15) is 42.3 Å². The first-order valence-electron chi connectivity index (χ1n) is 8.07. The van der Waals surface area contributed by atoms with Crippen LogP contribution in [-0.4, -0.2) is 26.0 Å². The molecule has 2 rings (SSSR count). The lowest BCUT2D eigenvalue weighted by molar-refractivity contribution is 0.0696. The van der Waals surface area contributed by atoms with Crippen molar-refractivity contribution in [1.82, 2.24) is 4.72 Å². The van der Waals surface area contributed by atoms with E-state index >= 15 is 0 Å². The van der Waals surface area contributed by atoms with E-state index in [1.807, 2.05) is 0 Å². The SMILES string of the molecule is CCCCCNc1ccc(C(=O)O)cc1S(=O)(=O)NCc1ccco1. The van der Waals surface area contributed by atoms with E-state index in [0.29, 0.717) is 18.0 Å². The van der Waals surface area contributed by atoms with Gasteiger partial charge in [0.2, 0.25) is 10.0 Å². The zero-order chi connectivity index (χ0) is 18.3. The standard InChI is InChI=1S/C17H22N2O5S/c1-2-3-4-9-18-15-8-7-13(17(20)21)11-16(15)25(22,23)19-12-14-6-5-10-24-14/h5-8,10-11,18-19H,2-4,9,12H2,1H3,(H,20,21). The fourth-order valence-electron chi connectivity index (χ4n) is 2.28. The van der Waals surface area contributed by atoms with Crippen LogP contribution in [0.25, 0.3) is 0 Å². The molecule has 1 aromatic heterocycles. The Hall–Kier alpha value is -2.32. The molecular weight excluding hydrogens is 344 g/mol. The summed E-state index contributed by atoms with van der Waals surface area (Å²) in [6.07, 6.45) is 4.43. The molecule has 0 atom stereocenters. The van der Waals surface area contributed by atoms with Crippen LogP contribution in [0.3, 0.4) is 0 Å². The lowest BCUT2D eigenvalue weighted by atomic mass is 10.2. The Labute approximate surface area is 147 Å². The number of furan rings is 1. The zero-order valence-corrected chi connectivity index (χ0v) is 14.8. The molecule has 0 saturated carbocycles. The maximum absolute atomic E-state index is 12.6. The highest BCUT2D eigenvalue weighted by atomic mass is 32.2. The van der Waals surface area contributed by atoms with Gasteiger partial charge in [-0.1, -0.05) is 19.8 Å². The summed E-state index contributed by atoms with van der Waals surface area (Å²) in [5, 5.41) is 12.2. The minimum atomic E-state index is -3.90. The van der Waals surface area contributed by atoms with Gasteiger partial charge < -0.3 is 14.8 Å². The second kappa shape index (κ2) is 8.68. The summed E-state index contributed by atoms with van der Waals surface area (Å²) < 4.78 is 32.8. The normalized spacial score (nSPS) is 11.4. The lowest BCUT2D eigenvalue weighted by Crippen LogP contribution is -2.24. The predicted octanol–water partition coefficient (Wildman–Crippen LogP) is 3.06. The quantitative estimate of drug-likeness (QED) is 0.558. The summed E-state index contributed by atoms with van der Waals surface area (Å²) in [6.45, 7) is 2.68. The predicted molar refractivity (Wildman–Crippen MR) is 94.1 cm³/mol. The monoisotopic (exact) mass is 366 g/mol. The summed E-state index contributed by atoms with van der Waals surface area (Å²) in [5.41, 5.74) is 0.297. The third-order valence-electron chi connectivity index (χ3n) is 3.63. The number of carbonyl (C=O) groups is 1. The molecule has 1 aromatic carbocycles. The summed E-state index contributed by atoms with van der Waals surface area (Å²) in [6, 6.07) is 7.34. The van der Waals surface area contributed by atoms with E-state index in [9.17, 15) is 13.2 Å². The molecular formula is C17H22N2O5S. The van der Waals surface area contributed by atoms with Gasteiger partial charge in [-0.25, -0.2) is 17.9 Å². The van der Waals surface area contributed by atoms with E-state index < -0.39 is 16.0 Å². The van der Waals surface area contributed by atoms with E-state index in [1.54, 1.807) is 12.1 Å². The first kappa shape index (κ1) is 19.0. The van der Waals surface area contributed by atoms with Crippen LogP contribution in [0.2, 0.25) is 0 Å². The van der Waals surface area contributed by atoms with Gasteiger partial charge in [0.25, 0.3) is 0 Å². The van der Waals surface area contributed by atoms with E-state index in [0.717, 1.165) is 25.3 Å². The summed E-state index contributed by atoms with van der Waals surface area (Å²) >= 11 is 0. The molecule has 136 valence electrons. The number of carboxylic acid groups (broad SMARTS) is 1. The number of hydrogen-bond acceptors (Lipinski definition) is 5. The van der Waals surface area contributed by atoms with E-state index in [4.69, 9.17) is 9.52 Å². The fraction of sp³-hybridized carbons (Fsp3) is 0.353. The summed E-state index contributed by atoms with van der Waals surface area (Å²) in [4.78, 5) is 11.1. The Kier molecular flexibility index (Phi) is 6.60. The van der Waals surface area contributed by atoms with Crippen molar-refractivity contribution < 1.29 is 22.7 Å². The van der Waals surface area contributed by atoms with Crippen LogP contribution >= 0.6 is 0 Å². The largest absolute Gasteiger partial charge is 0.478 e. The topological polar surface area (TPSA) is 109 Å². The number of carboxylic acids is 1. The molecule has 0 amide bonds. The van der Waals surface area contributed by atoms with Gasteiger partial charge >= 0.3 is 5.97 Å². The molecule has 0 saturated heterocycles. The number of aromatic carboxylic acids is 1. The van der Waals surface area contributed by atoms with E-state index in [-0.39, 0.29) is 17.0 Å². The number of rotatable bonds is 10. The first-order valence-corrected chi connectivity index (χ1v) is 9.55. The number of sulfonamides is 1. The highest BCUT2D eigenvalue weighted by Gasteiger charge is 2.21. The third kappa shape index (κ3) is 5.33. The minimum Gasteiger partial charge on any atom is -0.478 e. The Morgan fingerprint density at radius 2 is 2.04 bits per heavy atom. The molecule has 7 nitrogen and oxygen atoms in total. The van der Waals surface area contributed by atoms with Crippen molar-refractivity contribution in [2.24, 2.45) is 0 Å². The number of benzene rings is 1. The minimum absolute atomic E-state index is 0.0120. The van der Waals surface area contributed by atoms with Gasteiger partial charge in [-0.3, -0.25) is 0 Å². The van der Waals surface area contributed by atoms with Crippen molar-refractivity contribution in [2.45, 2.75) is 37.6 Å². The van der Waals surface area contributed by atoms with Crippen molar-refractivity contribution in [3.63, 3.8) is 0 Å². The Morgan fingerprint density at radius 3 is 2.68 bits per heavy atom. The van der Waals surface area contributed by atoms with Gasteiger partial charge in [-0.2, -0.15) is 0 Å². The van der Waals surface area contributed by atoms with Gasteiger partial charge in [0.05, 0.1) is 24.1 Å². The number of hydrogen-bond donors (Lipinski definition) is 3. The molecule has 0 bridgehead atoms. The third-order valence-corrected chi connectivity index (χ3v) is 5.07. The van der Waals surface area contributed by atoms with Gasteiger partial charge in [-0.15, -0.1) is 0 Å². The van der Waals surface area contributed by atoms with Crippen LogP contribution in [0.5, 0.6) is 0 Å². The lowest BCUT2D eigenvalue weighted by Gasteiger charge is -2.14. The highest BCUT2D eigenvalue weighted by Crippen LogP contribution is 2.23. The van der Waals surface area contributed by atoms with Gasteiger partial charge in [0.15, 0.2) is 0 Å². The molecule has 0 aliphatic heterocycles. The Balaban J connectivity index is 2.23. The zero-order valence-electron chi connectivity index (χ0n) is 14.0. The van der Waals surface area contributed by atoms with Crippen LogP contribution in [0.4, 0.5) is 5.69 Å². The molecule has 0 aliphatic carbocycles. The maximum Gasteiger partial charge on any atom is 0.335 e. The maximum atomic E-state index is 12.6. The Bertz CT molecular complexity index is 800. The average Bonchev–Trinajstić information content (AvgIpc) is 3.10. The van der Waals surface area contributed by atoms with Crippen LogP contribution in [0, 0.1) is 0 Å². The smallest absolute Gasteiger partial charge is 0.335 e. The first-order chi connectivity index (χ1) is 11.9. The van der Waals surface area contributed by atoms with Crippen molar-refractivity contribution in [2.75, 3.05) is 11.9 Å². The second-order valence-electron chi connectivity index (χ2n) is 5.55. The molecule has 1 heterocycles. The van der Waals surface area contributed by atoms with Crippen molar-refractivity contribution in [3.8, 4) is 0 Å². The van der Waals surface area contributed by atoms with Crippen LogP contribution in [-0.2, 0) is 16.6 Å². The number of anilines is 1. The van der Waals surface area contributed by atoms with Gasteiger partial charge in [0, 0.05) is 6.54 Å². The fourth-order valence-corrected chi connectivity index (χ4v) is 3.48. The molecule has 0 spiro atoms. The van der Waals surface area contributed by atoms with Crippen LogP contribution in [0.15, 0.2) is 45.9 Å². The number of unbranched alkanes of at least 4 members (excludes halogenated alkanes) is 2. The molecule has 0 radical (unpaired) electrons. The van der Waals surface area contributed by atoms with Gasteiger partial charge in [0.1, 0.15) is 10.7 Å². The molecule has 25 heavy (non-hydrogen) atoms. The van der Waals surface area contributed by atoms with Crippen molar-refractivity contribution in [1.29, 1.82) is 0 Å². The molecule has 0 aliphatic rings. The summed E-state index contributed by atoms with van der Waals surface area (Å²) in [7, 11) is -3.90. The highest BCUT2D eigenvalue weighted by molar-refractivity contribution is 7.89. The van der Waals surface area contributed by atoms with Crippen LogP contribution < -0.4 is 10.0 Å². The second-order valence-corrected chi connectivity index (χ2v) is 7.29. The van der Waals surface area contributed by atoms with E-state index in [2.05, 4.69) is 17.0 Å². The van der Waals surface area contributed by atoms with E-state index in [1.165, 1.54) is 18.4 Å². The number of nitrogens with one attached hydrogen (secondary N) is 2. The van der Waals surface area contributed by atoms with Crippen molar-refractivity contribution in [3.05, 3.63) is 47.9 Å². The molecule has 8 heteroatoms. The summed E-state index contributed by atoms with van der Waals surface area (Å²) in [5.74, 6) is -0.713. The molecule has 3 N–H and O–H groups in total. The molecule has 0 fully saturated rings. The van der Waals surface area contributed by atoms with Gasteiger partial charge in [-0.05, 0) is 36.8 Å². The van der Waals surface area contributed by atoms with Crippen molar-refractivity contribution >= 4 is 21.7 Å². The molecule has 0 unspecified atom stereocenters. The Morgan fingerprint density at radius 1 is 1.24 bits per heavy atom. The average molecular weight is 366 g/mol.